The maximum Gasteiger partial charge on any atom is 0.263 e. The van der Waals surface area contributed by atoms with Gasteiger partial charge in [-0.1, -0.05) is 13.8 Å². The van der Waals surface area contributed by atoms with E-state index in [4.69, 9.17) is 9.47 Å². The highest BCUT2D eigenvalue weighted by Crippen LogP contribution is 2.50. The third-order valence-corrected chi connectivity index (χ3v) is 8.07. The highest BCUT2D eigenvalue weighted by Gasteiger charge is 2.54. The van der Waals surface area contributed by atoms with Crippen molar-refractivity contribution in [2.45, 2.75) is 39.4 Å². The third-order valence-electron chi connectivity index (χ3n) is 6.42. The Kier molecular flexibility index (Phi) is 4.91. The Hall–Kier alpha value is -1.51. The summed E-state index contributed by atoms with van der Waals surface area (Å²) in [6, 6.07) is 5.72. The first-order chi connectivity index (χ1) is 13.9. The maximum absolute atomic E-state index is 13.2. The van der Waals surface area contributed by atoms with Gasteiger partial charge >= 0.3 is 0 Å². The summed E-state index contributed by atoms with van der Waals surface area (Å²) in [7, 11) is 0. The van der Waals surface area contributed by atoms with E-state index in [1.165, 1.54) is 10.4 Å². The van der Waals surface area contributed by atoms with Crippen molar-refractivity contribution < 1.29 is 14.3 Å². The zero-order chi connectivity index (χ0) is 20.2. The molecule has 1 saturated heterocycles. The number of hydrogen-bond acceptors (Lipinski definition) is 6. The van der Waals surface area contributed by atoms with E-state index in [1.54, 1.807) is 11.3 Å². The number of hydrogen-bond donors (Lipinski definition) is 0. The standard InChI is InChI=1S/C21H24BrN3O3S/c1-21(2)8-13-9-25(20(26)16-7-12-11-27-6-5-15(12)29-16)10-14(13)19(21)28-18-4-3-17(22)23-24-18/h3-4,7,13-14,19H,5-6,8-11H2,1-2H3/t13-,14+,19-/m0/s1. The molecule has 4 heterocycles. The van der Waals surface area contributed by atoms with Crippen LogP contribution in [0.3, 0.4) is 0 Å². The summed E-state index contributed by atoms with van der Waals surface area (Å²) in [5.41, 5.74) is 1.22. The number of halogens is 1. The van der Waals surface area contributed by atoms with Gasteiger partial charge in [-0.25, -0.2) is 0 Å². The zero-order valence-corrected chi connectivity index (χ0v) is 19.0. The lowest BCUT2D eigenvalue weighted by molar-refractivity contribution is 0.0536. The first kappa shape index (κ1) is 19.5. The molecule has 1 aliphatic carbocycles. The van der Waals surface area contributed by atoms with Crippen molar-refractivity contribution in [2.24, 2.45) is 17.3 Å². The lowest BCUT2D eigenvalue weighted by atomic mass is 9.86. The molecular formula is C21H24BrN3O3S. The largest absolute Gasteiger partial charge is 0.472 e. The number of fused-ring (bicyclic) bond motifs is 2. The fourth-order valence-electron chi connectivity index (χ4n) is 5.14. The van der Waals surface area contributed by atoms with Crippen LogP contribution in [0.1, 0.15) is 40.4 Å². The summed E-state index contributed by atoms with van der Waals surface area (Å²) in [5.74, 6) is 1.47. The van der Waals surface area contributed by atoms with Gasteiger partial charge < -0.3 is 14.4 Å². The normalized spacial score (nSPS) is 27.6. The van der Waals surface area contributed by atoms with Crippen molar-refractivity contribution in [3.63, 3.8) is 0 Å². The van der Waals surface area contributed by atoms with Crippen molar-refractivity contribution >= 4 is 33.2 Å². The van der Waals surface area contributed by atoms with E-state index in [9.17, 15) is 4.79 Å². The molecule has 8 heteroatoms. The second kappa shape index (κ2) is 7.32. The van der Waals surface area contributed by atoms with Crippen LogP contribution in [-0.2, 0) is 17.8 Å². The lowest BCUT2D eigenvalue weighted by Gasteiger charge is -2.31. The molecule has 29 heavy (non-hydrogen) atoms. The minimum absolute atomic E-state index is 0.0192. The molecule has 2 fully saturated rings. The number of thiophene rings is 1. The summed E-state index contributed by atoms with van der Waals surface area (Å²) < 4.78 is 12.5. The lowest BCUT2D eigenvalue weighted by Crippen LogP contribution is -2.39. The van der Waals surface area contributed by atoms with Gasteiger partial charge in [0.15, 0.2) is 0 Å². The van der Waals surface area contributed by atoms with Crippen LogP contribution in [0.5, 0.6) is 5.88 Å². The van der Waals surface area contributed by atoms with Crippen LogP contribution in [0.4, 0.5) is 0 Å². The molecule has 3 aliphatic rings. The van der Waals surface area contributed by atoms with E-state index in [0.29, 0.717) is 28.9 Å². The summed E-state index contributed by atoms with van der Waals surface area (Å²) in [5, 5.41) is 8.19. The van der Waals surface area contributed by atoms with Gasteiger partial charge in [-0.3, -0.25) is 4.79 Å². The van der Waals surface area contributed by atoms with Crippen LogP contribution in [0.2, 0.25) is 0 Å². The third kappa shape index (κ3) is 3.59. The minimum atomic E-state index is 0.0192. The minimum Gasteiger partial charge on any atom is -0.472 e. The Labute approximate surface area is 182 Å². The summed E-state index contributed by atoms with van der Waals surface area (Å²) in [6.07, 6.45) is 1.98. The molecule has 5 rings (SSSR count). The first-order valence-corrected chi connectivity index (χ1v) is 11.7. The SMILES string of the molecule is CC1(C)C[C@H]2CN(C(=O)c3cc4c(s3)CCOC4)C[C@H]2[C@@H]1Oc1ccc(Br)nn1. The predicted octanol–water partition coefficient (Wildman–Crippen LogP) is 3.94. The smallest absolute Gasteiger partial charge is 0.263 e. The summed E-state index contributed by atoms with van der Waals surface area (Å²) in [4.78, 5) is 17.4. The zero-order valence-electron chi connectivity index (χ0n) is 16.6. The van der Waals surface area contributed by atoms with E-state index < -0.39 is 0 Å². The van der Waals surface area contributed by atoms with Crippen molar-refractivity contribution in [3.05, 3.63) is 38.1 Å². The molecular weight excluding hydrogens is 454 g/mol. The van der Waals surface area contributed by atoms with Crippen molar-refractivity contribution in [3.8, 4) is 5.88 Å². The Morgan fingerprint density at radius 3 is 2.97 bits per heavy atom. The quantitative estimate of drug-likeness (QED) is 0.669. The Bertz CT molecular complexity index is 906. The van der Waals surface area contributed by atoms with E-state index >= 15 is 0 Å². The van der Waals surface area contributed by atoms with Crippen LogP contribution >= 0.6 is 27.3 Å². The molecule has 3 atom stereocenters. The highest BCUT2D eigenvalue weighted by atomic mass is 79.9. The molecule has 2 aromatic heterocycles. The Balaban J connectivity index is 1.32. The average Bonchev–Trinajstić information content (AvgIpc) is 3.35. The highest BCUT2D eigenvalue weighted by molar-refractivity contribution is 9.10. The monoisotopic (exact) mass is 477 g/mol. The van der Waals surface area contributed by atoms with Crippen molar-refractivity contribution in [1.82, 2.24) is 15.1 Å². The Morgan fingerprint density at radius 1 is 1.34 bits per heavy atom. The molecule has 0 N–H and O–H groups in total. The van der Waals surface area contributed by atoms with Gasteiger partial charge in [0.2, 0.25) is 5.88 Å². The molecule has 0 spiro atoms. The number of likely N-dealkylation sites (tertiary alicyclic amines) is 1. The fourth-order valence-corrected chi connectivity index (χ4v) is 6.47. The van der Waals surface area contributed by atoms with Gasteiger partial charge in [-0.2, -0.15) is 0 Å². The molecule has 1 amide bonds. The molecule has 154 valence electrons. The van der Waals surface area contributed by atoms with E-state index in [2.05, 4.69) is 40.0 Å². The van der Waals surface area contributed by atoms with Crippen LogP contribution in [0.25, 0.3) is 0 Å². The first-order valence-electron chi connectivity index (χ1n) is 10.1. The molecule has 0 unspecified atom stereocenters. The molecule has 0 radical (unpaired) electrons. The maximum atomic E-state index is 13.2. The number of nitrogens with zero attached hydrogens (tertiary/aromatic N) is 3. The van der Waals surface area contributed by atoms with E-state index in [-0.39, 0.29) is 17.4 Å². The van der Waals surface area contributed by atoms with Crippen LogP contribution in [-0.4, -0.2) is 46.8 Å². The molecule has 2 aromatic rings. The molecule has 1 saturated carbocycles. The van der Waals surface area contributed by atoms with Crippen molar-refractivity contribution in [2.75, 3.05) is 19.7 Å². The number of aromatic nitrogens is 2. The van der Waals surface area contributed by atoms with Gasteiger partial charge in [-0.15, -0.1) is 21.5 Å². The topological polar surface area (TPSA) is 64.6 Å². The van der Waals surface area contributed by atoms with Gasteiger partial charge in [0.1, 0.15) is 10.7 Å². The molecule has 6 nitrogen and oxygen atoms in total. The number of rotatable bonds is 3. The molecule has 0 aromatic carbocycles. The fraction of sp³-hybridized carbons (Fsp3) is 0.571. The number of carbonyl (C=O) groups excluding carboxylic acids is 1. The predicted molar refractivity (Wildman–Crippen MR) is 113 cm³/mol. The number of carbonyl (C=O) groups is 1. The van der Waals surface area contributed by atoms with E-state index in [0.717, 1.165) is 37.4 Å². The molecule has 0 bridgehead atoms. The summed E-state index contributed by atoms with van der Waals surface area (Å²) >= 11 is 4.95. The van der Waals surface area contributed by atoms with Gasteiger partial charge in [0.25, 0.3) is 5.91 Å². The number of amides is 1. The second-order valence-electron chi connectivity index (χ2n) is 8.92. The van der Waals surface area contributed by atoms with E-state index in [1.807, 2.05) is 23.1 Å². The average molecular weight is 478 g/mol. The second-order valence-corrected chi connectivity index (χ2v) is 10.9. The van der Waals surface area contributed by atoms with Gasteiger partial charge in [-0.05, 0) is 46.0 Å². The Morgan fingerprint density at radius 2 is 2.21 bits per heavy atom. The summed E-state index contributed by atoms with van der Waals surface area (Å²) in [6.45, 7) is 7.42. The van der Waals surface area contributed by atoms with Crippen LogP contribution in [0, 0.1) is 17.3 Å². The number of ether oxygens (including phenoxy) is 2. The van der Waals surface area contributed by atoms with Crippen molar-refractivity contribution in [1.29, 1.82) is 0 Å². The van der Waals surface area contributed by atoms with Crippen LogP contribution in [0.15, 0.2) is 22.8 Å². The molecule has 2 aliphatic heterocycles. The van der Waals surface area contributed by atoms with Gasteiger partial charge in [0.05, 0.1) is 18.1 Å². The van der Waals surface area contributed by atoms with Gasteiger partial charge in [0, 0.05) is 41.8 Å². The van der Waals surface area contributed by atoms with Crippen LogP contribution < -0.4 is 4.74 Å².